The highest BCUT2D eigenvalue weighted by molar-refractivity contribution is 6.28. The average molecular weight is 622 g/mol. The summed E-state index contributed by atoms with van der Waals surface area (Å²) in [5, 5.41) is -1.37. The molecule has 0 N–H and O–H groups in total. The van der Waals surface area contributed by atoms with Gasteiger partial charge in [0.1, 0.15) is 0 Å². The van der Waals surface area contributed by atoms with Crippen molar-refractivity contribution in [2.24, 2.45) is 0 Å². The lowest BCUT2D eigenvalue weighted by atomic mass is 10.1. The predicted molar refractivity (Wildman–Crippen MR) is 102 cm³/mol. The molecule has 7 nitrogen and oxygen atoms in total. The first-order valence-electron chi connectivity index (χ1n) is 9.80. The molecule has 0 saturated carbocycles. The number of anilines is 2. The molecule has 0 bridgehead atoms. The Bertz CT molecular complexity index is 1010. The van der Waals surface area contributed by atoms with E-state index in [1.165, 1.54) is 0 Å². The molecule has 2 amide bonds. The summed E-state index contributed by atoms with van der Waals surface area (Å²) in [6.07, 6.45) is -14.0. The van der Waals surface area contributed by atoms with Crippen LogP contribution in [0.15, 0.2) is 0 Å². The van der Waals surface area contributed by atoms with Gasteiger partial charge in [0.15, 0.2) is 0 Å². The molecule has 0 aliphatic carbocycles. The Balaban J connectivity index is 3.82. The van der Waals surface area contributed by atoms with E-state index < -0.39 is 86.9 Å². The molecule has 0 fully saturated rings. The minimum absolute atomic E-state index is 0.651. The molecule has 1 aromatic heterocycles. The Morgan fingerprint density at radius 3 is 1.05 bits per heavy atom. The molecule has 0 unspecified atom stereocenters. The number of aromatic nitrogens is 3. The molecule has 1 aromatic rings. The van der Waals surface area contributed by atoms with Gasteiger partial charge in [-0.25, -0.2) is 0 Å². The fourth-order valence-corrected chi connectivity index (χ4v) is 2.74. The van der Waals surface area contributed by atoms with Gasteiger partial charge in [-0.1, -0.05) is 0 Å². The van der Waals surface area contributed by atoms with Crippen LogP contribution in [0.3, 0.4) is 0 Å². The fourth-order valence-electron chi connectivity index (χ4n) is 2.58. The van der Waals surface area contributed by atoms with Crippen LogP contribution in [0.4, 0.5) is 73.4 Å². The van der Waals surface area contributed by atoms with Gasteiger partial charge in [0.25, 0.3) is 0 Å². The molecule has 22 heteroatoms. The van der Waals surface area contributed by atoms with Crippen molar-refractivity contribution in [3.05, 3.63) is 5.28 Å². The van der Waals surface area contributed by atoms with E-state index in [2.05, 4.69) is 15.0 Å². The third kappa shape index (κ3) is 5.91. The van der Waals surface area contributed by atoms with Gasteiger partial charge in [-0.05, 0) is 39.3 Å². The maximum absolute atomic E-state index is 14.1. The Kier molecular flexibility index (Phi) is 9.09. The molecule has 0 aromatic carbocycles. The van der Waals surface area contributed by atoms with E-state index in [0.29, 0.717) is 0 Å². The first-order valence-corrected chi connectivity index (χ1v) is 10.2. The van der Waals surface area contributed by atoms with E-state index in [1.54, 1.807) is 0 Å². The topological polar surface area (TPSA) is 79.3 Å². The summed E-state index contributed by atoms with van der Waals surface area (Å²) in [5.74, 6) is -37.1. The molecule has 39 heavy (non-hydrogen) atoms. The summed E-state index contributed by atoms with van der Waals surface area (Å²) in [5.41, 5.74) is 0. The lowest BCUT2D eigenvalue weighted by Crippen LogP contribution is -2.62. The Morgan fingerprint density at radius 2 is 0.846 bits per heavy atom. The van der Waals surface area contributed by atoms with Crippen LogP contribution < -0.4 is 9.80 Å². The van der Waals surface area contributed by atoms with Crippen LogP contribution in [0.2, 0.25) is 5.28 Å². The van der Waals surface area contributed by atoms with E-state index >= 15 is 0 Å². The lowest BCUT2D eigenvalue weighted by molar-refractivity contribution is -0.343. The van der Waals surface area contributed by atoms with E-state index in [-0.39, 0.29) is 0 Å². The summed E-state index contributed by atoms with van der Waals surface area (Å²) < 4.78 is 185. The highest BCUT2D eigenvalue weighted by atomic mass is 35.5. The number of halogens is 15. The number of amides is 2. The quantitative estimate of drug-likeness (QED) is 0.350. The van der Waals surface area contributed by atoms with Crippen LogP contribution in [-0.4, -0.2) is 74.9 Å². The second-order valence-electron chi connectivity index (χ2n) is 8.04. The van der Waals surface area contributed by atoms with Crippen molar-refractivity contribution in [2.75, 3.05) is 9.80 Å². The molecular formula is C17H14ClF14N5O2. The van der Waals surface area contributed by atoms with Crippen molar-refractivity contribution in [2.45, 2.75) is 75.8 Å². The third-order valence-electron chi connectivity index (χ3n) is 4.52. The van der Waals surface area contributed by atoms with Crippen LogP contribution in [0, 0.1) is 0 Å². The van der Waals surface area contributed by atoms with Gasteiger partial charge in [-0.3, -0.25) is 19.4 Å². The maximum atomic E-state index is 14.1. The predicted octanol–water partition coefficient (Wildman–Crippen LogP) is 5.67. The van der Waals surface area contributed by atoms with Crippen molar-refractivity contribution in [1.82, 2.24) is 15.0 Å². The third-order valence-corrected chi connectivity index (χ3v) is 4.69. The van der Waals surface area contributed by atoms with Crippen molar-refractivity contribution >= 4 is 35.3 Å². The van der Waals surface area contributed by atoms with Crippen molar-refractivity contribution in [1.29, 1.82) is 0 Å². The number of hydrogen-bond acceptors (Lipinski definition) is 5. The highest BCUT2D eigenvalue weighted by Gasteiger charge is 2.78. The highest BCUT2D eigenvalue weighted by Crippen LogP contribution is 2.49. The zero-order chi connectivity index (χ0) is 31.3. The summed E-state index contributed by atoms with van der Waals surface area (Å²) in [7, 11) is 0. The van der Waals surface area contributed by atoms with Gasteiger partial charge in [0.05, 0.1) is 0 Å². The fraction of sp³-hybridized carbons (Fsp3) is 0.706. The minimum Gasteiger partial charge on any atom is -0.272 e. The van der Waals surface area contributed by atoms with Crippen LogP contribution in [0.5, 0.6) is 0 Å². The number of nitrogens with zero attached hydrogens (tertiary/aromatic N) is 5. The lowest BCUT2D eigenvalue weighted by Gasteiger charge is -2.34. The van der Waals surface area contributed by atoms with E-state index in [1.807, 2.05) is 0 Å². The molecule has 0 atom stereocenters. The molecule has 1 heterocycles. The molecule has 1 rings (SSSR count). The first kappa shape index (κ1) is 34.3. The van der Waals surface area contributed by atoms with Crippen LogP contribution in [0.25, 0.3) is 0 Å². The molecule has 0 radical (unpaired) electrons. The monoisotopic (exact) mass is 621 g/mol. The number of carbonyl (C=O) groups excluding carboxylic acids is 2. The molecule has 0 aliphatic heterocycles. The number of hydrogen-bond donors (Lipinski definition) is 0. The Hall–Kier alpha value is -2.74. The molecule has 0 saturated heterocycles. The Labute approximate surface area is 213 Å². The summed E-state index contributed by atoms with van der Waals surface area (Å²) in [6.45, 7) is 2.89. The second-order valence-corrected chi connectivity index (χ2v) is 8.37. The van der Waals surface area contributed by atoms with E-state index in [0.717, 1.165) is 27.7 Å². The van der Waals surface area contributed by atoms with Gasteiger partial charge < -0.3 is 0 Å². The Morgan fingerprint density at radius 1 is 0.590 bits per heavy atom. The molecule has 224 valence electrons. The van der Waals surface area contributed by atoms with Crippen molar-refractivity contribution in [3.63, 3.8) is 0 Å². The first-order chi connectivity index (χ1) is 17.1. The zero-order valence-corrected chi connectivity index (χ0v) is 20.1. The summed E-state index contributed by atoms with van der Waals surface area (Å²) in [6, 6.07) is -3.70. The maximum Gasteiger partial charge on any atom is 0.460 e. The van der Waals surface area contributed by atoms with Crippen LogP contribution in [-0.2, 0) is 9.59 Å². The van der Waals surface area contributed by atoms with Gasteiger partial charge in [0.2, 0.25) is 17.2 Å². The van der Waals surface area contributed by atoms with Crippen molar-refractivity contribution < 1.29 is 71.1 Å². The van der Waals surface area contributed by atoms with Crippen molar-refractivity contribution in [3.8, 4) is 0 Å². The van der Waals surface area contributed by atoms with Gasteiger partial charge in [-0.15, -0.1) is 0 Å². The molecular weight excluding hydrogens is 608 g/mol. The average Bonchev–Trinajstić information content (AvgIpc) is 2.70. The normalized spacial score (nSPS) is 14.2. The summed E-state index contributed by atoms with van der Waals surface area (Å²) in [4.78, 5) is 32.1. The number of carbonyl (C=O) groups is 2. The summed E-state index contributed by atoms with van der Waals surface area (Å²) >= 11 is 5.44. The number of rotatable bonds is 8. The zero-order valence-electron chi connectivity index (χ0n) is 19.4. The van der Waals surface area contributed by atoms with Crippen LogP contribution in [0.1, 0.15) is 27.7 Å². The van der Waals surface area contributed by atoms with Crippen LogP contribution >= 0.6 is 11.6 Å². The van der Waals surface area contributed by atoms with E-state index in [9.17, 15) is 71.1 Å². The largest absolute Gasteiger partial charge is 0.460 e. The van der Waals surface area contributed by atoms with E-state index in [4.69, 9.17) is 11.6 Å². The smallest absolute Gasteiger partial charge is 0.272 e. The standard InChI is InChI=1S/C17H14ClF14N5O2/c1-5(2)36(7(38)12(19,20)14(23,24)16(27,28)29)10-33-9(18)34-11(35-10)37(6(3)4)8(39)13(21,22)15(25,26)17(30,31)32/h5-6H,1-4H3. The molecule has 0 spiro atoms. The van der Waals surface area contributed by atoms with Gasteiger partial charge in [-0.2, -0.15) is 76.4 Å². The minimum atomic E-state index is -6.99. The second kappa shape index (κ2) is 10.3. The number of alkyl halides is 14. The molecule has 0 aliphatic rings. The van der Waals surface area contributed by atoms with Gasteiger partial charge in [0, 0.05) is 12.1 Å². The SMILES string of the molecule is CC(C)N(C(=O)C(F)(F)C(F)(F)C(F)(F)F)c1nc(Cl)nc(N(C(=O)C(F)(F)C(F)(F)C(F)(F)F)C(C)C)n1. The van der Waals surface area contributed by atoms with Gasteiger partial charge >= 0.3 is 47.9 Å².